The highest BCUT2D eigenvalue weighted by atomic mass is 32.2. The average molecular weight is 242 g/mol. The second-order valence-corrected chi connectivity index (χ2v) is 4.14. The molecule has 8 heteroatoms. The number of nitrogens with zero attached hydrogens (tertiary/aromatic N) is 1. The lowest BCUT2D eigenvalue weighted by molar-refractivity contribution is -0.135. The van der Waals surface area contributed by atoms with E-state index in [2.05, 4.69) is 5.32 Å². The third kappa shape index (κ3) is 5.03. The maximum atomic E-state index is 11.8. The molecular weight excluding hydrogens is 233 g/mol. The molecule has 1 rings (SSSR count). The highest BCUT2D eigenvalue weighted by molar-refractivity contribution is 8.00. The summed E-state index contributed by atoms with van der Waals surface area (Å²) in [6, 6.07) is 0. The number of rotatable bonds is 3. The number of thioether (sulfide) groups is 1. The number of amides is 2. The first-order valence-electron chi connectivity index (χ1n) is 4.12. The molecule has 0 aromatic rings. The van der Waals surface area contributed by atoms with Crippen molar-refractivity contribution in [2.75, 3.05) is 25.4 Å². The van der Waals surface area contributed by atoms with E-state index in [1.165, 1.54) is 4.90 Å². The van der Waals surface area contributed by atoms with Crippen molar-refractivity contribution in [2.45, 2.75) is 5.51 Å². The molecule has 0 spiro atoms. The topological polar surface area (TPSA) is 49.4 Å². The Labute approximate surface area is 88.2 Å². The van der Waals surface area contributed by atoms with Crippen LogP contribution < -0.4 is 5.32 Å². The fourth-order valence-corrected chi connectivity index (χ4v) is 1.73. The molecule has 4 nitrogen and oxygen atoms in total. The van der Waals surface area contributed by atoms with Crippen LogP contribution in [0.5, 0.6) is 0 Å². The Kier molecular flexibility index (Phi) is 3.97. The number of hydrogen-bond acceptors (Lipinski definition) is 4. The number of halogens is 3. The highest BCUT2D eigenvalue weighted by Gasteiger charge is 2.29. The Morgan fingerprint density at radius 1 is 1.27 bits per heavy atom. The number of carbonyl (C=O) groups is 2. The van der Waals surface area contributed by atoms with Gasteiger partial charge in [0, 0.05) is 12.3 Å². The molecule has 15 heavy (non-hydrogen) atoms. The molecule has 1 aliphatic heterocycles. The van der Waals surface area contributed by atoms with E-state index in [4.69, 9.17) is 0 Å². The molecule has 1 heterocycles. The zero-order valence-corrected chi connectivity index (χ0v) is 8.45. The lowest BCUT2D eigenvalue weighted by Gasteiger charge is -2.24. The van der Waals surface area contributed by atoms with Gasteiger partial charge < -0.3 is 0 Å². The molecule has 0 saturated carbocycles. The van der Waals surface area contributed by atoms with E-state index >= 15 is 0 Å². The number of carbonyl (C=O) groups excluding carboxylic acids is 2. The van der Waals surface area contributed by atoms with Crippen molar-refractivity contribution in [1.82, 2.24) is 10.2 Å². The zero-order chi connectivity index (χ0) is 11.5. The van der Waals surface area contributed by atoms with Gasteiger partial charge in [0.15, 0.2) is 0 Å². The molecule has 0 aliphatic carbocycles. The van der Waals surface area contributed by atoms with E-state index in [1.807, 2.05) is 0 Å². The van der Waals surface area contributed by atoms with Gasteiger partial charge in [-0.15, -0.1) is 0 Å². The predicted molar refractivity (Wildman–Crippen MR) is 48.1 cm³/mol. The highest BCUT2D eigenvalue weighted by Crippen LogP contribution is 2.29. The van der Waals surface area contributed by atoms with Gasteiger partial charge in [-0.05, 0) is 11.8 Å². The van der Waals surface area contributed by atoms with Crippen molar-refractivity contribution in [3.8, 4) is 0 Å². The quantitative estimate of drug-likeness (QED) is 0.718. The van der Waals surface area contributed by atoms with Crippen LogP contribution in [0.1, 0.15) is 0 Å². The van der Waals surface area contributed by atoms with Crippen LogP contribution >= 0.6 is 11.8 Å². The Morgan fingerprint density at radius 2 is 1.80 bits per heavy atom. The van der Waals surface area contributed by atoms with Crippen LogP contribution in [0.2, 0.25) is 0 Å². The number of nitrogens with one attached hydrogen (secondary N) is 1. The van der Waals surface area contributed by atoms with Gasteiger partial charge in [-0.1, -0.05) is 0 Å². The molecular formula is C7H9F3N2O2S. The molecule has 0 bridgehead atoms. The summed E-state index contributed by atoms with van der Waals surface area (Å²) < 4.78 is 35.3. The van der Waals surface area contributed by atoms with Gasteiger partial charge in [-0.2, -0.15) is 13.2 Å². The van der Waals surface area contributed by atoms with E-state index < -0.39 is 17.3 Å². The Bertz CT molecular complexity index is 253. The van der Waals surface area contributed by atoms with Gasteiger partial charge in [-0.3, -0.25) is 19.8 Å². The molecule has 1 N–H and O–H groups in total. The lowest BCUT2D eigenvalue weighted by atomic mass is 10.3. The van der Waals surface area contributed by atoms with Crippen LogP contribution in [0.25, 0.3) is 0 Å². The van der Waals surface area contributed by atoms with E-state index in [1.54, 1.807) is 0 Å². The molecule has 1 saturated heterocycles. The molecule has 1 fully saturated rings. The first kappa shape index (κ1) is 12.3. The van der Waals surface area contributed by atoms with Gasteiger partial charge in [-0.25, -0.2) is 0 Å². The first-order chi connectivity index (χ1) is 6.87. The number of imide groups is 1. The van der Waals surface area contributed by atoms with Crippen LogP contribution in [0.3, 0.4) is 0 Å². The van der Waals surface area contributed by atoms with Crippen LogP contribution in [-0.2, 0) is 9.59 Å². The number of hydrogen-bond donors (Lipinski definition) is 1. The number of alkyl halides is 3. The molecule has 0 aromatic heterocycles. The van der Waals surface area contributed by atoms with Crippen LogP contribution in [0, 0.1) is 0 Å². The maximum absolute atomic E-state index is 11.8. The molecule has 2 amide bonds. The van der Waals surface area contributed by atoms with Crippen molar-refractivity contribution in [3.63, 3.8) is 0 Å². The van der Waals surface area contributed by atoms with Crippen LogP contribution in [-0.4, -0.2) is 47.6 Å². The maximum Gasteiger partial charge on any atom is 0.441 e. The molecule has 0 unspecified atom stereocenters. The fourth-order valence-electron chi connectivity index (χ4n) is 1.15. The van der Waals surface area contributed by atoms with Gasteiger partial charge in [0.1, 0.15) is 0 Å². The average Bonchev–Trinajstić information content (AvgIpc) is 1.99. The Morgan fingerprint density at radius 3 is 2.27 bits per heavy atom. The minimum atomic E-state index is -4.26. The zero-order valence-electron chi connectivity index (χ0n) is 7.63. The van der Waals surface area contributed by atoms with Crippen molar-refractivity contribution in [3.05, 3.63) is 0 Å². The van der Waals surface area contributed by atoms with E-state index in [0.717, 1.165) is 0 Å². The first-order valence-corrected chi connectivity index (χ1v) is 5.11. The van der Waals surface area contributed by atoms with Crippen LogP contribution in [0.4, 0.5) is 13.2 Å². The van der Waals surface area contributed by atoms with E-state index in [0.29, 0.717) is 0 Å². The summed E-state index contributed by atoms with van der Waals surface area (Å²) in [5.74, 6) is -1.11. The standard InChI is InChI=1S/C7H9F3N2O2S/c8-7(9,10)15-2-1-12-3-5(13)11-6(14)4-12/h1-4H2,(H,11,13,14). The van der Waals surface area contributed by atoms with Crippen molar-refractivity contribution < 1.29 is 22.8 Å². The normalized spacial score (nSPS) is 19.1. The molecule has 1 aliphatic rings. The van der Waals surface area contributed by atoms with Gasteiger partial charge in [0.05, 0.1) is 13.1 Å². The summed E-state index contributed by atoms with van der Waals surface area (Å²) in [6.07, 6.45) is 0. The third-order valence-corrected chi connectivity index (χ3v) is 2.40. The smallest absolute Gasteiger partial charge is 0.294 e. The van der Waals surface area contributed by atoms with Gasteiger partial charge in [0.2, 0.25) is 11.8 Å². The van der Waals surface area contributed by atoms with Gasteiger partial charge in [0.25, 0.3) is 0 Å². The van der Waals surface area contributed by atoms with Gasteiger partial charge >= 0.3 is 5.51 Å². The minimum Gasteiger partial charge on any atom is -0.294 e. The molecule has 0 atom stereocenters. The lowest BCUT2D eigenvalue weighted by Crippen LogP contribution is -2.51. The molecule has 0 aromatic carbocycles. The molecule has 86 valence electrons. The second-order valence-electron chi connectivity index (χ2n) is 2.98. The number of piperazine rings is 1. The SMILES string of the molecule is O=C1CN(CCSC(F)(F)F)CC(=O)N1. The molecule has 0 radical (unpaired) electrons. The Hall–Kier alpha value is -0.760. The second kappa shape index (κ2) is 4.84. The van der Waals surface area contributed by atoms with Crippen molar-refractivity contribution in [1.29, 1.82) is 0 Å². The summed E-state index contributed by atoms with van der Waals surface area (Å²) in [5, 5.41) is 2.07. The summed E-state index contributed by atoms with van der Waals surface area (Å²) in [7, 11) is 0. The largest absolute Gasteiger partial charge is 0.441 e. The van der Waals surface area contributed by atoms with Crippen LogP contribution in [0.15, 0.2) is 0 Å². The monoisotopic (exact) mass is 242 g/mol. The predicted octanol–water partition coefficient (Wildman–Crippen LogP) is 0.198. The summed E-state index contributed by atoms with van der Waals surface area (Å²) in [4.78, 5) is 23.1. The Balaban J connectivity index is 2.27. The minimum absolute atomic E-state index is 0.0237. The summed E-state index contributed by atoms with van der Waals surface area (Å²) in [5.41, 5.74) is -4.26. The van der Waals surface area contributed by atoms with Crippen molar-refractivity contribution in [2.24, 2.45) is 0 Å². The fraction of sp³-hybridized carbons (Fsp3) is 0.714. The van der Waals surface area contributed by atoms with Crippen molar-refractivity contribution >= 4 is 23.6 Å². The third-order valence-electron chi connectivity index (χ3n) is 1.69. The summed E-state index contributed by atoms with van der Waals surface area (Å²) in [6.45, 7) is 0.0254. The summed E-state index contributed by atoms with van der Waals surface area (Å²) >= 11 is -0.155. The van der Waals surface area contributed by atoms with E-state index in [9.17, 15) is 22.8 Å². The van der Waals surface area contributed by atoms with E-state index in [-0.39, 0.29) is 37.1 Å².